The van der Waals surface area contributed by atoms with Crippen LogP contribution in [0.2, 0.25) is 0 Å². The van der Waals surface area contributed by atoms with E-state index in [1.807, 2.05) is 6.92 Å². The van der Waals surface area contributed by atoms with Crippen molar-refractivity contribution < 1.29 is 19.7 Å². The number of hydrogen-bond donors (Lipinski definition) is 2. The molecule has 0 radical (unpaired) electrons. The largest absolute Gasteiger partial charge is 0.479 e. The summed E-state index contributed by atoms with van der Waals surface area (Å²) in [5.74, 6) is -0.923. The second kappa shape index (κ2) is 3.19. The molecule has 1 aliphatic rings. The van der Waals surface area contributed by atoms with Gasteiger partial charge in [0.1, 0.15) is 0 Å². The first-order chi connectivity index (χ1) is 5.11. The van der Waals surface area contributed by atoms with E-state index in [2.05, 4.69) is 0 Å². The molecule has 4 nitrogen and oxygen atoms in total. The Morgan fingerprint density at radius 1 is 1.64 bits per heavy atom. The Morgan fingerprint density at radius 2 is 2.27 bits per heavy atom. The number of carboxylic acids is 1. The summed E-state index contributed by atoms with van der Waals surface area (Å²) in [6.07, 6.45) is -0.838. The molecule has 3 atom stereocenters. The smallest absolute Gasteiger partial charge is 0.332 e. The van der Waals surface area contributed by atoms with Gasteiger partial charge in [-0.25, -0.2) is 4.79 Å². The second-order valence-electron chi connectivity index (χ2n) is 2.94. The van der Waals surface area contributed by atoms with Crippen LogP contribution >= 0.6 is 0 Å². The molecule has 0 aliphatic carbocycles. The monoisotopic (exact) mass is 160 g/mol. The molecule has 2 N–H and O–H groups in total. The van der Waals surface area contributed by atoms with Crippen LogP contribution in [0.15, 0.2) is 0 Å². The lowest BCUT2D eigenvalue weighted by atomic mass is 9.95. The number of carboxylic acid groups (broad SMARTS) is 1. The molecule has 11 heavy (non-hydrogen) atoms. The van der Waals surface area contributed by atoms with Crippen molar-refractivity contribution in [1.29, 1.82) is 0 Å². The van der Waals surface area contributed by atoms with E-state index in [0.717, 1.165) is 0 Å². The van der Waals surface area contributed by atoms with Gasteiger partial charge in [0.15, 0.2) is 6.10 Å². The molecule has 0 amide bonds. The van der Waals surface area contributed by atoms with Gasteiger partial charge < -0.3 is 14.9 Å². The van der Waals surface area contributed by atoms with Crippen molar-refractivity contribution in [2.75, 3.05) is 6.61 Å². The highest BCUT2D eigenvalue weighted by Crippen LogP contribution is 2.19. The molecule has 1 heterocycles. The van der Waals surface area contributed by atoms with Crippen molar-refractivity contribution in [3.8, 4) is 0 Å². The van der Waals surface area contributed by atoms with E-state index < -0.39 is 18.2 Å². The molecule has 1 saturated heterocycles. The third-order valence-corrected chi connectivity index (χ3v) is 1.99. The number of rotatable bonds is 1. The SMILES string of the molecule is CC1CC(C(=O)O)OCC1O. The van der Waals surface area contributed by atoms with Crippen LogP contribution < -0.4 is 0 Å². The predicted molar refractivity (Wildman–Crippen MR) is 37.2 cm³/mol. The maximum atomic E-state index is 10.4. The minimum Gasteiger partial charge on any atom is -0.479 e. The van der Waals surface area contributed by atoms with Gasteiger partial charge in [-0.15, -0.1) is 0 Å². The lowest BCUT2D eigenvalue weighted by molar-refractivity contribution is -0.161. The lowest BCUT2D eigenvalue weighted by Crippen LogP contribution is -2.39. The molecular weight excluding hydrogens is 148 g/mol. The van der Waals surface area contributed by atoms with Crippen LogP contribution in [-0.2, 0) is 9.53 Å². The van der Waals surface area contributed by atoms with Crippen molar-refractivity contribution in [2.45, 2.75) is 25.6 Å². The first-order valence-corrected chi connectivity index (χ1v) is 3.63. The average Bonchev–Trinajstić information content (AvgIpc) is 1.94. The average molecular weight is 160 g/mol. The first kappa shape index (κ1) is 8.49. The third-order valence-electron chi connectivity index (χ3n) is 1.99. The van der Waals surface area contributed by atoms with Crippen LogP contribution in [0.5, 0.6) is 0 Å². The van der Waals surface area contributed by atoms with Gasteiger partial charge in [0.05, 0.1) is 12.7 Å². The van der Waals surface area contributed by atoms with E-state index in [1.165, 1.54) is 0 Å². The minimum atomic E-state index is -0.941. The molecular formula is C7H12O4. The highest BCUT2D eigenvalue weighted by molar-refractivity contribution is 5.72. The second-order valence-corrected chi connectivity index (χ2v) is 2.94. The van der Waals surface area contributed by atoms with Crippen LogP contribution in [0.4, 0.5) is 0 Å². The Hall–Kier alpha value is -0.610. The molecule has 1 rings (SSSR count). The van der Waals surface area contributed by atoms with Crippen molar-refractivity contribution >= 4 is 5.97 Å². The summed E-state index contributed by atoms with van der Waals surface area (Å²) in [4.78, 5) is 10.4. The number of hydrogen-bond acceptors (Lipinski definition) is 3. The molecule has 64 valence electrons. The van der Waals surface area contributed by atoms with Crippen LogP contribution in [0.1, 0.15) is 13.3 Å². The Balaban J connectivity index is 2.46. The first-order valence-electron chi connectivity index (χ1n) is 3.63. The topological polar surface area (TPSA) is 66.8 Å². The highest BCUT2D eigenvalue weighted by atomic mass is 16.5. The normalized spacial score (nSPS) is 38.5. The van der Waals surface area contributed by atoms with Gasteiger partial charge in [0.2, 0.25) is 0 Å². The summed E-state index contributed by atoms with van der Waals surface area (Å²) in [7, 11) is 0. The summed E-state index contributed by atoms with van der Waals surface area (Å²) in [6.45, 7) is 1.96. The van der Waals surface area contributed by atoms with Crippen LogP contribution in [-0.4, -0.2) is 35.0 Å². The third kappa shape index (κ3) is 1.91. The van der Waals surface area contributed by atoms with E-state index in [0.29, 0.717) is 6.42 Å². The predicted octanol–water partition coefficient (Wildman–Crippen LogP) is -0.143. The van der Waals surface area contributed by atoms with Gasteiger partial charge in [-0.2, -0.15) is 0 Å². The standard InChI is InChI=1S/C7H12O4/c1-4-2-6(7(9)10)11-3-5(4)8/h4-6,8H,2-3H2,1H3,(H,9,10). The Morgan fingerprint density at radius 3 is 2.73 bits per heavy atom. The maximum absolute atomic E-state index is 10.4. The molecule has 0 spiro atoms. The van der Waals surface area contributed by atoms with Gasteiger partial charge in [0.25, 0.3) is 0 Å². The molecule has 0 bridgehead atoms. The van der Waals surface area contributed by atoms with E-state index >= 15 is 0 Å². The van der Waals surface area contributed by atoms with Gasteiger partial charge in [-0.1, -0.05) is 6.92 Å². The van der Waals surface area contributed by atoms with E-state index in [4.69, 9.17) is 14.9 Å². The molecule has 0 aromatic heterocycles. The number of carbonyl (C=O) groups is 1. The molecule has 0 aromatic rings. The molecule has 0 saturated carbocycles. The Bertz CT molecular complexity index is 157. The summed E-state index contributed by atoms with van der Waals surface area (Å²) in [5.41, 5.74) is 0. The highest BCUT2D eigenvalue weighted by Gasteiger charge is 2.30. The number of aliphatic hydroxyl groups excluding tert-OH is 1. The minimum absolute atomic E-state index is 0.0184. The van der Waals surface area contributed by atoms with Crippen LogP contribution in [0, 0.1) is 5.92 Å². The lowest BCUT2D eigenvalue weighted by Gasteiger charge is -2.28. The van der Waals surface area contributed by atoms with Crippen molar-refractivity contribution in [3.05, 3.63) is 0 Å². The zero-order valence-electron chi connectivity index (χ0n) is 6.36. The number of aliphatic hydroxyl groups is 1. The fourth-order valence-electron chi connectivity index (χ4n) is 1.11. The van der Waals surface area contributed by atoms with E-state index in [-0.39, 0.29) is 12.5 Å². The van der Waals surface area contributed by atoms with Crippen LogP contribution in [0.3, 0.4) is 0 Å². The van der Waals surface area contributed by atoms with Crippen molar-refractivity contribution in [2.24, 2.45) is 5.92 Å². The molecule has 1 aliphatic heterocycles. The van der Waals surface area contributed by atoms with Gasteiger partial charge in [-0.05, 0) is 12.3 Å². The van der Waals surface area contributed by atoms with E-state index in [1.54, 1.807) is 0 Å². The summed E-state index contributed by atoms with van der Waals surface area (Å²) in [6, 6.07) is 0. The number of ether oxygens (including phenoxy) is 1. The van der Waals surface area contributed by atoms with Crippen molar-refractivity contribution in [1.82, 2.24) is 0 Å². The fraction of sp³-hybridized carbons (Fsp3) is 0.857. The number of aliphatic carboxylic acids is 1. The Labute approximate surface area is 64.8 Å². The van der Waals surface area contributed by atoms with Gasteiger partial charge in [0, 0.05) is 0 Å². The summed E-state index contributed by atoms with van der Waals surface area (Å²) >= 11 is 0. The van der Waals surface area contributed by atoms with E-state index in [9.17, 15) is 4.79 Å². The molecule has 0 aromatic carbocycles. The van der Waals surface area contributed by atoms with Crippen LogP contribution in [0.25, 0.3) is 0 Å². The zero-order chi connectivity index (χ0) is 8.43. The van der Waals surface area contributed by atoms with Crippen molar-refractivity contribution in [3.63, 3.8) is 0 Å². The zero-order valence-corrected chi connectivity index (χ0v) is 6.36. The maximum Gasteiger partial charge on any atom is 0.332 e. The fourth-order valence-corrected chi connectivity index (χ4v) is 1.11. The summed E-state index contributed by atoms with van der Waals surface area (Å²) in [5, 5.41) is 17.7. The van der Waals surface area contributed by atoms with Gasteiger partial charge in [-0.3, -0.25) is 0 Å². The quantitative estimate of drug-likeness (QED) is 0.560. The molecule has 4 heteroatoms. The van der Waals surface area contributed by atoms with Gasteiger partial charge >= 0.3 is 5.97 Å². The molecule has 3 unspecified atom stereocenters. The summed E-state index contributed by atoms with van der Waals surface area (Å²) < 4.78 is 4.87. The Kier molecular flexibility index (Phi) is 2.46. The molecule has 1 fully saturated rings.